The van der Waals surface area contributed by atoms with E-state index in [2.05, 4.69) is 29.4 Å². The van der Waals surface area contributed by atoms with Crippen LogP contribution in [0, 0.1) is 0 Å². The Morgan fingerprint density at radius 1 is 0.706 bits per heavy atom. The van der Waals surface area contributed by atoms with Crippen LogP contribution >= 0.6 is 0 Å². The van der Waals surface area contributed by atoms with Crippen molar-refractivity contribution in [2.45, 2.75) is 0 Å². The number of para-hydroxylation sites is 1. The maximum absolute atomic E-state index is 4.38. The molecule has 2 nitrogen and oxygen atoms in total. The fraction of sp³-hybridized carbons (Fsp3) is 0. The van der Waals surface area contributed by atoms with Gasteiger partial charge in [0.25, 0.3) is 0 Å². The van der Waals surface area contributed by atoms with Gasteiger partial charge in [-0.25, -0.2) is 4.68 Å². The highest BCUT2D eigenvalue weighted by atomic mass is 15.3. The fourth-order valence-corrected chi connectivity index (χ4v) is 1.91. The van der Waals surface area contributed by atoms with Crippen molar-refractivity contribution in [2.24, 2.45) is 0 Å². The Labute approximate surface area is 100 Å². The minimum absolute atomic E-state index is 1.08. The van der Waals surface area contributed by atoms with Gasteiger partial charge in [0.2, 0.25) is 0 Å². The lowest BCUT2D eigenvalue weighted by Gasteiger charge is -2.07. The van der Waals surface area contributed by atoms with Crippen LogP contribution in [0.1, 0.15) is 0 Å². The molecule has 0 spiro atoms. The van der Waals surface area contributed by atoms with Crippen LogP contribution in [-0.2, 0) is 0 Å². The minimum Gasteiger partial charge on any atom is -0.233 e. The van der Waals surface area contributed by atoms with E-state index < -0.39 is 0 Å². The van der Waals surface area contributed by atoms with Crippen molar-refractivity contribution in [3.63, 3.8) is 0 Å². The lowest BCUT2D eigenvalue weighted by Crippen LogP contribution is -1.97. The van der Waals surface area contributed by atoms with Crippen molar-refractivity contribution >= 4 is 0 Å². The number of hydrogen-bond donors (Lipinski definition) is 0. The fourth-order valence-electron chi connectivity index (χ4n) is 1.91. The normalized spacial score (nSPS) is 10.4. The molecule has 2 heteroatoms. The van der Waals surface area contributed by atoms with Crippen molar-refractivity contribution in [3.8, 4) is 16.9 Å². The molecule has 0 aliphatic rings. The van der Waals surface area contributed by atoms with Gasteiger partial charge >= 0.3 is 0 Å². The molecule has 0 atom stereocenters. The van der Waals surface area contributed by atoms with Crippen LogP contribution in [-0.4, -0.2) is 9.78 Å². The molecule has 0 fully saturated rings. The summed E-state index contributed by atoms with van der Waals surface area (Å²) in [7, 11) is 0. The molecule has 0 saturated carbocycles. The SMILES string of the molecule is c1ccc(-c2ccnn2-c2ccccc2)cc1. The lowest BCUT2D eigenvalue weighted by molar-refractivity contribution is 0.888. The van der Waals surface area contributed by atoms with Crippen LogP contribution in [0.5, 0.6) is 0 Å². The van der Waals surface area contributed by atoms with Gasteiger partial charge in [0, 0.05) is 5.56 Å². The highest BCUT2D eigenvalue weighted by molar-refractivity contribution is 5.61. The predicted molar refractivity (Wildman–Crippen MR) is 69.0 cm³/mol. The standard InChI is InChI=1S/C15H12N2/c1-3-7-13(8-4-1)15-11-12-16-17(15)14-9-5-2-6-10-14/h1-12H. The van der Waals surface area contributed by atoms with Crippen LogP contribution < -0.4 is 0 Å². The van der Waals surface area contributed by atoms with Gasteiger partial charge in [0.1, 0.15) is 0 Å². The molecular weight excluding hydrogens is 208 g/mol. The summed E-state index contributed by atoms with van der Waals surface area (Å²) in [5.41, 5.74) is 3.36. The predicted octanol–water partition coefficient (Wildman–Crippen LogP) is 3.54. The monoisotopic (exact) mass is 220 g/mol. The first-order chi connectivity index (χ1) is 8.45. The van der Waals surface area contributed by atoms with Gasteiger partial charge in [-0.15, -0.1) is 0 Å². The van der Waals surface area contributed by atoms with E-state index in [1.165, 1.54) is 5.56 Å². The second-order valence-electron chi connectivity index (χ2n) is 3.83. The average molecular weight is 220 g/mol. The van der Waals surface area contributed by atoms with Gasteiger partial charge in [-0.05, 0) is 18.2 Å². The summed E-state index contributed by atoms with van der Waals surface area (Å²) < 4.78 is 1.95. The highest BCUT2D eigenvalue weighted by Gasteiger charge is 2.05. The van der Waals surface area contributed by atoms with Gasteiger partial charge in [-0.2, -0.15) is 5.10 Å². The maximum Gasteiger partial charge on any atom is 0.0740 e. The largest absolute Gasteiger partial charge is 0.233 e. The summed E-state index contributed by atoms with van der Waals surface area (Å²) in [4.78, 5) is 0. The molecule has 0 bridgehead atoms. The Bertz CT molecular complexity index is 543. The smallest absolute Gasteiger partial charge is 0.0740 e. The average Bonchev–Trinajstić information content (AvgIpc) is 2.90. The number of nitrogens with zero attached hydrogens (tertiary/aromatic N) is 2. The first kappa shape index (κ1) is 9.85. The second-order valence-corrected chi connectivity index (χ2v) is 3.83. The molecule has 0 N–H and O–H groups in total. The first-order valence-corrected chi connectivity index (χ1v) is 5.60. The molecule has 0 amide bonds. The molecule has 0 aliphatic carbocycles. The number of benzene rings is 2. The van der Waals surface area contributed by atoms with E-state index in [4.69, 9.17) is 0 Å². The van der Waals surface area contributed by atoms with Crippen LogP contribution in [0.15, 0.2) is 72.9 Å². The molecule has 3 aromatic rings. The summed E-state index contributed by atoms with van der Waals surface area (Å²) in [6, 6.07) is 22.5. The van der Waals surface area contributed by atoms with E-state index in [0.717, 1.165) is 11.4 Å². The molecule has 0 saturated heterocycles. The molecular formula is C15H12N2. The lowest BCUT2D eigenvalue weighted by atomic mass is 10.1. The molecule has 0 radical (unpaired) electrons. The van der Waals surface area contributed by atoms with E-state index >= 15 is 0 Å². The van der Waals surface area contributed by atoms with Crippen molar-refractivity contribution in [2.75, 3.05) is 0 Å². The molecule has 3 rings (SSSR count). The van der Waals surface area contributed by atoms with Crippen LogP contribution in [0.25, 0.3) is 16.9 Å². The molecule has 1 heterocycles. The van der Waals surface area contributed by atoms with Crippen molar-refractivity contribution in [3.05, 3.63) is 72.9 Å². The van der Waals surface area contributed by atoms with Gasteiger partial charge in [0.05, 0.1) is 17.6 Å². The van der Waals surface area contributed by atoms with Crippen molar-refractivity contribution in [1.82, 2.24) is 9.78 Å². The van der Waals surface area contributed by atoms with Crippen LogP contribution in [0.2, 0.25) is 0 Å². The Morgan fingerprint density at radius 2 is 1.35 bits per heavy atom. The zero-order chi connectivity index (χ0) is 11.5. The first-order valence-electron chi connectivity index (χ1n) is 5.60. The van der Waals surface area contributed by atoms with Gasteiger partial charge < -0.3 is 0 Å². The second kappa shape index (κ2) is 4.26. The molecule has 0 aliphatic heterocycles. The van der Waals surface area contributed by atoms with E-state index in [9.17, 15) is 0 Å². The number of aromatic nitrogens is 2. The Hall–Kier alpha value is -2.35. The quantitative estimate of drug-likeness (QED) is 0.646. The van der Waals surface area contributed by atoms with E-state index in [1.807, 2.05) is 53.3 Å². The van der Waals surface area contributed by atoms with Crippen LogP contribution in [0.3, 0.4) is 0 Å². The Morgan fingerprint density at radius 3 is 2.06 bits per heavy atom. The number of hydrogen-bond acceptors (Lipinski definition) is 1. The van der Waals surface area contributed by atoms with E-state index in [0.29, 0.717) is 0 Å². The molecule has 0 unspecified atom stereocenters. The van der Waals surface area contributed by atoms with E-state index in [-0.39, 0.29) is 0 Å². The highest BCUT2D eigenvalue weighted by Crippen LogP contribution is 2.21. The zero-order valence-electron chi connectivity index (χ0n) is 9.32. The van der Waals surface area contributed by atoms with Crippen LogP contribution in [0.4, 0.5) is 0 Å². The topological polar surface area (TPSA) is 17.8 Å². The molecule has 1 aromatic heterocycles. The van der Waals surface area contributed by atoms with Gasteiger partial charge in [-0.3, -0.25) is 0 Å². The Kier molecular flexibility index (Phi) is 2.47. The van der Waals surface area contributed by atoms with Crippen molar-refractivity contribution in [1.29, 1.82) is 0 Å². The summed E-state index contributed by atoms with van der Waals surface area (Å²) in [6.07, 6.45) is 1.83. The zero-order valence-corrected chi connectivity index (χ0v) is 9.32. The van der Waals surface area contributed by atoms with E-state index in [1.54, 1.807) is 0 Å². The molecule has 82 valence electrons. The summed E-state index contributed by atoms with van der Waals surface area (Å²) in [5, 5.41) is 4.38. The van der Waals surface area contributed by atoms with Crippen molar-refractivity contribution < 1.29 is 0 Å². The van der Waals surface area contributed by atoms with Gasteiger partial charge in [-0.1, -0.05) is 48.5 Å². The summed E-state index contributed by atoms with van der Waals surface area (Å²) in [6.45, 7) is 0. The number of rotatable bonds is 2. The maximum atomic E-state index is 4.38. The van der Waals surface area contributed by atoms with Gasteiger partial charge in [0.15, 0.2) is 0 Å². The summed E-state index contributed by atoms with van der Waals surface area (Å²) >= 11 is 0. The third kappa shape index (κ3) is 1.85. The molecule has 2 aromatic carbocycles. The third-order valence-corrected chi connectivity index (χ3v) is 2.71. The minimum atomic E-state index is 1.08. The Balaban J connectivity index is 2.13. The molecule has 17 heavy (non-hydrogen) atoms. The summed E-state index contributed by atoms with van der Waals surface area (Å²) in [5.74, 6) is 0. The third-order valence-electron chi connectivity index (χ3n) is 2.71.